The fraction of sp³-hybridized carbons (Fsp3) is 0.312. The molecule has 4 nitrogen and oxygen atoms in total. The van der Waals surface area contributed by atoms with E-state index in [1.54, 1.807) is 14.2 Å². The minimum absolute atomic E-state index is 0.262. The predicted molar refractivity (Wildman–Crippen MR) is 77.7 cm³/mol. The first-order valence-corrected chi connectivity index (χ1v) is 6.38. The maximum absolute atomic E-state index is 11.2. The Bertz CT molecular complexity index is 634. The van der Waals surface area contributed by atoms with Crippen molar-refractivity contribution in [2.45, 2.75) is 12.8 Å². The van der Waals surface area contributed by atoms with Crippen molar-refractivity contribution >= 4 is 17.1 Å². The molecule has 1 N–H and O–H groups in total. The number of carbonyl (C=O) groups excluding carboxylic acids is 1. The number of rotatable bonds is 5. The summed E-state index contributed by atoms with van der Waals surface area (Å²) < 4.78 is 11.0. The van der Waals surface area contributed by atoms with Crippen LogP contribution in [0.15, 0.2) is 24.3 Å². The molecule has 0 aromatic heterocycles. The molecule has 0 amide bonds. The molecule has 2 rings (SSSR count). The zero-order valence-corrected chi connectivity index (χ0v) is 11.8. The molecular formula is C16H18O4. The van der Waals surface area contributed by atoms with Crippen molar-refractivity contribution < 1.29 is 19.4 Å². The summed E-state index contributed by atoms with van der Waals surface area (Å²) in [5.41, 5.74) is 1.50. The van der Waals surface area contributed by atoms with Gasteiger partial charge in [0.2, 0.25) is 0 Å². The van der Waals surface area contributed by atoms with E-state index < -0.39 is 5.92 Å². The molecule has 0 aliphatic heterocycles. The Morgan fingerprint density at radius 3 is 2.15 bits per heavy atom. The summed E-state index contributed by atoms with van der Waals surface area (Å²) >= 11 is 0. The van der Waals surface area contributed by atoms with Crippen molar-refractivity contribution in [3.8, 4) is 11.5 Å². The van der Waals surface area contributed by atoms with Crippen LogP contribution >= 0.6 is 0 Å². The number of hydrogen-bond acceptors (Lipinski definition) is 4. The van der Waals surface area contributed by atoms with Crippen LogP contribution in [0.2, 0.25) is 0 Å². The number of hydrogen-bond donors (Lipinski definition) is 1. The highest BCUT2D eigenvalue weighted by molar-refractivity contribution is 5.97. The Morgan fingerprint density at radius 2 is 1.70 bits per heavy atom. The second kappa shape index (κ2) is 5.92. The molecule has 1 atom stereocenters. The fourth-order valence-electron chi connectivity index (χ4n) is 2.65. The van der Waals surface area contributed by atoms with Gasteiger partial charge in [-0.15, -0.1) is 0 Å². The van der Waals surface area contributed by atoms with Gasteiger partial charge in [0.25, 0.3) is 0 Å². The molecule has 4 heteroatoms. The van der Waals surface area contributed by atoms with Gasteiger partial charge < -0.3 is 19.4 Å². The van der Waals surface area contributed by atoms with Crippen LogP contribution in [0.4, 0.5) is 0 Å². The SMILES string of the molecule is COc1c(C)c(C(C=O)CO)c(OC)c2ccccc12. The second-order valence-electron chi connectivity index (χ2n) is 4.58. The number of methoxy groups -OCH3 is 2. The van der Waals surface area contributed by atoms with Gasteiger partial charge >= 0.3 is 0 Å². The molecule has 0 aliphatic rings. The molecule has 0 saturated carbocycles. The van der Waals surface area contributed by atoms with Crippen LogP contribution in [0.3, 0.4) is 0 Å². The van der Waals surface area contributed by atoms with E-state index in [4.69, 9.17) is 9.47 Å². The van der Waals surface area contributed by atoms with Gasteiger partial charge in [-0.3, -0.25) is 0 Å². The van der Waals surface area contributed by atoms with Crippen LogP contribution in [-0.4, -0.2) is 32.2 Å². The largest absolute Gasteiger partial charge is 0.496 e. The molecule has 0 bridgehead atoms. The standard InChI is InChI=1S/C16H18O4/c1-10-14(11(8-17)9-18)16(20-3)13-7-5-4-6-12(13)15(10)19-2/h4-8,11,18H,9H2,1-3H3. The average Bonchev–Trinajstić information content (AvgIpc) is 2.49. The highest BCUT2D eigenvalue weighted by Gasteiger charge is 2.23. The number of benzene rings is 2. The summed E-state index contributed by atoms with van der Waals surface area (Å²) in [7, 11) is 3.16. The van der Waals surface area contributed by atoms with Gasteiger partial charge in [0.15, 0.2) is 0 Å². The highest BCUT2D eigenvalue weighted by atomic mass is 16.5. The molecule has 106 valence electrons. The number of aldehydes is 1. The van der Waals surface area contributed by atoms with Crippen LogP contribution in [0, 0.1) is 6.92 Å². The first-order valence-electron chi connectivity index (χ1n) is 6.38. The van der Waals surface area contributed by atoms with Crippen molar-refractivity contribution in [3.63, 3.8) is 0 Å². The molecule has 2 aromatic carbocycles. The monoisotopic (exact) mass is 274 g/mol. The molecule has 2 aromatic rings. The van der Waals surface area contributed by atoms with E-state index in [0.717, 1.165) is 22.6 Å². The maximum Gasteiger partial charge on any atom is 0.131 e. The van der Waals surface area contributed by atoms with E-state index in [2.05, 4.69) is 0 Å². The Hall–Kier alpha value is -2.07. The normalized spacial score (nSPS) is 12.2. The lowest BCUT2D eigenvalue weighted by Crippen LogP contribution is -2.10. The first-order chi connectivity index (χ1) is 9.69. The Balaban J connectivity index is 2.92. The van der Waals surface area contributed by atoms with Crippen molar-refractivity contribution in [1.29, 1.82) is 0 Å². The number of ether oxygens (including phenoxy) is 2. The van der Waals surface area contributed by atoms with Crippen LogP contribution in [0.1, 0.15) is 17.0 Å². The number of aliphatic hydroxyl groups is 1. The lowest BCUT2D eigenvalue weighted by atomic mass is 9.91. The Labute approximate surface area is 117 Å². The van der Waals surface area contributed by atoms with Crippen LogP contribution < -0.4 is 9.47 Å². The number of fused-ring (bicyclic) bond motifs is 1. The Kier molecular flexibility index (Phi) is 4.25. The predicted octanol–water partition coefficient (Wildman–Crippen LogP) is 2.44. The summed E-state index contributed by atoms with van der Waals surface area (Å²) in [5.74, 6) is 0.699. The third kappa shape index (κ3) is 2.12. The van der Waals surface area contributed by atoms with Gasteiger partial charge in [-0.2, -0.15) is 0 Å². The van der Waals surface area contributed by atoms with E-state index in [1.807, 2.05) is 31.2 Å². The summed E-state index contributed by atoms with van der Waals surface area (Å²) in [5, 5.41) is 11.2. The van der Waals surface area contributed by atoms with E-state index in [9.17, 15) is 9.90 Å². The summed E-state index contributed by atoms with van der Waals surface area (Å²) in [6, 6.07) is 7.69. The molecule has 0 radical (unpaired) electrons. The zero-order valence-electron chi connectivity index (χ0n) is 11.8. The molecule has 1 unspecified atom stereocenters. The smallest absolute Gasteiger partial charge is 0.131 e. The Morgan fingerprint density at radius 1 is 1.15 bits per heavy atom. The summed E-state index contributed by atoms with van der Waals surface area (Å²) in [6.45, 7) is 1.61. The van der Waals surface area contributed by atoms with Gasteiger partial charge in [-0.25, -0.2) is 0 Å². The maximum atomic E-state index is 11.2. The molecule has 0 saturated heterocycles. The highest BCUT2D eigenvalue weighted by Crippen LogP contribution is 2.42. The third-order valence-electron chi connectivity index (χ3n) is 3.55. The minimum Gasteiger partial charge on any atom is -0.496 e. The van der Waals surface area contributed by atoms with E-state index >= 15 is 0 Å². The summed E-state index contributed by atoms with van der Waals surface area (Å²) in [6.07, 6.45) is 0.735. The van der Waals surface area contributed by atoms with Crippen LogP contribution in [-0.2, 0) is 4.79 Å². The topological polar surface area (TPSA) is 55.8 Å². The number of aliphatic hydroxyl groups excluding tert-OH is 1. The second-order valence-corrected chi connectivity index (χ2v) is 4.58. The van der Waals surface area contributed by atoms with Crippen molar-refractivity contribution in [2.24, 2.45) is 0 Å². The number of carbonyl (C=O) groups is 1. The van der Waals surface area contributed by atoms with Gasteiger partial charge in [-0.05, 0) is 12.5 Å². The quantitative estimate of drug-likeness (QED) is 0.851. The molecular weight excluding hydrogens is 256 g/mol. The van der Waals surface area contributed by atoms with Gasteiger partial charge in [0, 0.05) is 16.3 Å². The molecule has 0 fully saturated rings. The molecule has 0 spiro atoms. The van der Waals surface area contributed by atoms with Crippen molar-refractivity contribution in [2.75, 3.05) is 20.8 Å². The molecule has 0 heterocycles. The average molecular weight is 274 g/mol. The van der Waals surface area contributed by atoms with Gasteiger partial charge in [0.1, 0.15) is 17.8 Å². The lowest BCUT2D eigenvalue weighted by Gasteiger charge is -2.21. The minimum atomic E-state index is -0.622. The van der Waals surface area contributed by atoms with E-state index in [-0.39, 0.29) is 6.61 Å². The lowest BCUT2D eigenvalue weighted by molar-refractivity contribution is -0.109. The zero-order chi connectivity index (χ0) is 14.7. The van der Waals surface area contributed by atoms with Gasteiger partial charge in [-0.1, -0.05) is 24.3 Å². The third-order valence-corrected chi connectivity index (χ3v) is 3.55. The first kappa shape index (κ1) is 14.3. The molecule has 20 heavy (non-hydrogen) atoms. The fourth-order valence-corrected chi connectivity index (χ4v) is 2.65. The summed E-state index contributed by atoms with van der Waals surface area (Å²) in [4.78, 5) is 11.2. The van der Waals surface area contributed by atoms with Crippen LogP contribution in [0.25, 0.3) is 10.8 Å². The molecule has 0 aliphatic carbocycles. The van der Waals surface area contributed by atoms with E-state index in [0.29, 0.717) is 17.1 Å². The van der Waals surface area contributed by atoms with Crippen molar-refractivity contribution in [1.82, 2.24) is 0 Å². The van der Waals surface area contributed by atoms with Crippen molar-refractivity contribution in [3.05, 3.63) is 35.4 Å². The van der Waals surface area contributed by atoms with Crippen LogP contribution in [0.5, 0.6) is 11.5 Å². The van der Waals surface area contributed by atoms with E-state index in [1.165, 1.54) is 0 Å². The van der Waals surface area contributed by atoms with Gasteiger partial charge in [0.05, 0.1) is 26.7 Å².